The third kappa shape index (κ3) is 4.37. The van der Waals surface area contributed by atoms with Crippen LogP contribution in [0.5, 0.6) is 0 Å². The fourth-order valence-corrected chi connectivity index (χ4v) is 3.33. The lowest BCUT2D eigenvalue weighted by Gasteiger charge is -2.22. The Hall–Kier alpha value is -2.77. The van der Waals surface area contributed by atoms with Gasteiger partial charge in [0.2, 0.25) is 5.91 Å². The highest BCUT2D eigenvalue weighted by molar-refractivity contribution is 6.58. The van der Waals surface area contributed by atoms with Crippen LogP contribution in [0.1, 0.15) is 49.7 Å². The monoisotopic (exact) mass is 397 g/mol. The molecule has 10 heteroatoms. The second kappa shape index (κ2) is 8.16. The molecule has 0 fully saturated rings. The predicted molar refractivity (Wildman–Crippen MR) is 119 cm³/mol. The SMILES string of the molecule is [B]C([B])([B])c1ccc([C@H](C)NC(=O)Cn2ncc3c(c(C)nn3C(C)C)c2=O)cc1. The standard InChI is InChI=1S/C20H22B3N5O2/c1-11(2)28-16-9-24-27(19(30)18(16)13(4)26-28)10-17(29)25-12(3)14-5-7-15(8-6-14)20(21,22)23/h5-9,11-12H,10H2,1-4H3,(H,25,29)/t12-/m0/s1. The normalized spacial score (nSPS) is 13.0. The van der Waals surface area contributed by atoms with E-state index < -0.39 is 5.11 Å². The molecule has 7 nitrogen and oxygen atoms in total. The lowest BCUT2D eigenvalue weighted by molar-refractivity contribution is -0.122. The molecule has 1 atom stereocenters. The Morgan fingerprint density at radius 1 is 1.17 bits per heavy atom. The van der Waals surface area contributed by atoms with Crippen molar-refractivity contribution in [2.24, 2.45) is 0 Å². The molecule has 6 radical (unpaired) electrons. The van der Waals surface area contributed by atoms with Crippen molar-refractivity contribution in [3.63, 3.8) is 0 Å². The van der Waals surface area contributed by atoms with Gasteiger partial charge in [0.05, 0.1) is 52.4 Å². The Kier molecular flexibility index (Phi) is 5.97. The highest BCUT2D eigenvalue weighted by atomic mass is 16.2. The fourth-order valence-electron chi connectivity index (χ4n) is 3.33. The number of nitrogens with one attached hydrogen (secondary N) is 1. The first-order chi connectivity index (χ1) is 14.0. The summed E-state index contributed by atoms with van der Waals surface area (Å²) in [6.07, 6.45) is 1.57. The van der Waals surface area contributed by atoms with Gasteiger partial charge in [0.1, 0.15) is 6.54 Å². The van der Waals surface area contributed by atoms with Crippen LogP contribution < -0.4 is 10.9 Å². The third-order valence-electron chi connectivity index (χ3n) is 4.96. The molecule has 0 spiro atoms. The van der Waals surface area contributed by atoms with Gasteiger partial charge in [-0.15, -0.1) is 5.11 Å². The first kappa shape index (κ1) is 21.9. The van der Waals surface area contributed by atoms with Gasteiger partial charge in [-0.1, -0.05) is 29.8 Å². The van der Waals surface area contributed by atoms with Crippen molar-refractivity contribution in [1.29, 1.82) is 0 Å². The fraction of sp³-hybridized carbons (Fsp3) is 0.400. The van der Waals surface area contributed by atoms with Crippen LogP contribution in [-0.2, 0) is 16.5 Å². The van der Waals surface area contributed by atoms with E-state index in [0.717, 1.165) is 10.2 Å². The number of hydrogen-bond donors (Lipinski definition) is 1. The first-order valence-corrected chi connectivity index (χ1v) is 9.70. The molecule has 0 unspecified atom stereocenters. The molecule has 2 heterocycles. The highest BCUT2D eigenvalue weighted by Crippen LogP contribution is 2.19. The van der Waals surface area contributed by atoms with Crippen molar-refractivity contribution in [2.45, 2.75) is 51.4 Å². The van der Waals surface area contributed by atoms with Crippen LogP contribution in [0.3, 0.4) is 0 Å². The molecule has 0 saturated carbocycles. The van der Waals surface area contributed by atoms with Crippen molar-refractivity contribution in [2.75, 3.05) is 0 Å². The number of nitrogens with zero attached hydrogens (tertiary/aromatic N) is 4. The molecule has 0 bridgehead atoms. The number of fused-ring (bicyclic) bond motifs is 1. The summed E-state index contributed by atoms with van der Waals surface area (Å²) in [6.45, 7) is 7.38. The summed E-state index contributed by atoms with van der Waals surface area (Å²) in [6, 6.07) is 6.82. The maximum Gasteiger partial charge on any atom is 0.278 e. The molecular formula is C20H22B3N5O2. The quantitative estimate of drug-likeness (QED) is 0.629. The zero-order valence-electron chi connectivity index (χ0n) is 17.6. The number of carbonyl (C=O) groups is 1. The molecule has 1 amide bonds. The first-order valence-electron chi connectivity index (χ1n) is 9.70. The van der Waals surface area contributed by atoms with Crippen LogP contribution >= 0.6 is 0 Å². The number of amides is 1. The molecule has 148 valence electrons. The van der Waals surface area contributed by atoms with Crippen LogP contribution in [0.4, 0.5) is 0 Å². The topological polar surface area (TPSA) is 81.8 Å². The average Bonchev–Trinajstić information content (AvgIpc) is 3.01. The smallest absolute Gasteiger partial charge is 0.278 e. The minimum absolute atomic E-state index is 0.0942. The number of aromatic nitrogens is 4. The van der Waals surface area contributed by atoms with Crippen LogP contribution in [0.2, 0.25) is 0 Å². The summed E-state index contributed by atoms with van der Waals surface area (Å²) in [5, 5.41) is 10.5. The second-order valence-corrected chi connectivity index (χ2v) is 7.84. The maximum atomic E-state index is 12.8. The van der Waals surface area contributed by atoms with Crippen molar-refractivity contribution in [1.82, 2.24) is 24.9 Å². The lowest BCUT2D eigenvalue weighted by atomic mass is 9.40. The molecule has 1 N–H and O–H groups in total. The average molecular weight is 397 g/mol. The Bertz CT molecular complexity index is 1130. The Balaban J connectivity index is 1.76. The number of hydrogen-bond acceptors (Lipinski definition) is 4. The molecule has 1 aromatic carbocycles. The van der Waals surface area contributed by atoms with E-state index in [4.69, 9.17) is 23.5 Å². The van der Waals surface area contributed by atoms with Gasteiger partial charge in [-0.25, -0.2) is 4.68 Å². The van der Waals surface area contributed by atoms with E-state index in [1.807, 2.05) is 20.8 Å². The van der Waals surface area contributed by atoms with Crippen molar-refractivity contribution < 1.29 is 4.79 Å². The minimum atomic E-state index is -1.42. The number of carbonyl (C=O) groups excluding carboxylic acids is 1. The van der Waals surface area contributed by atoms with Gasteiger partial charge in [0.25, 0.3) is 5.56 Å². The molecule has 3 rings (SSSR count). The van der Waals surface area contributed by atoms with Crippen LogP contribution in [-0.4, -0.2) is 49.0 Å². The van der Waals surface area contributed by atoms with E-state index in [1.54, 1.807) is 42.1 Å². The summed E-state index contributed by atoms with van der Waals surface area (Å²) in [5.74, 6) is -0.333. The number of rotatable bonds is 6. The lowest BCUT2D eigenvalue weighted by Crippen LogP contribution is -2.35. The molecule has 0 saturated heterocycles. The van der Waals surface area contributed by atoms with Gasteiger partial charge in [0.15, 0.2) is 0 Å². The van der Waals surface area contributed by atoms with E-state index in [2.05, 4.69) is 15.5 Å². The van der Waals surface area contributed by atoms with Gasteiger partial charge in [-0.05, 0) is 33.3 Å². The van der Waals surface area contributed by atoms with E-state index >= 15 is 0 Å². The molecule has 0 aliphatic heterocycles. The number of benzene rings is 1. The van der Waals surface area contributed by atoms with Gasteiger partial charge in [-0.2, -0.15) is 10.2 Å². The van der Waals surface area contributed by atoms with Crippen LogP contribution in [0, 0.1) is 6.92 Å². The zero-order chi connectivity index (χ0) is 22.2. The van der Waals surface area contributed by atoms with E-state index in [0.29, 0.717) is 22.2 Å². The summed E-state index contributed by atoms with van der Waals surface area (Å²) in [5.41, 5.74) is 2.36. The number of aryl methyl sites for hydroxylation is 1. The van der Waals surface area contributed by atoms with Crippen LogP contribution in [0.15, 0.2) is 35.3 Å². The summed E-state index contributed by atoms with van der Waals surface area (Å²) < 4.78 is 2.91. The second-order valence-electron chi connectivity index (χ2n) is 7.84. The Morgan fingerprint density at radius 2 is 1.80 bits per heavy atom. The highest BCUT2D eigenvalue weighted by Gasteiger charge is 2.18. The molecule has 2 aromatic heterocycles. The van der Waals surface area contributed by atoms with Gasteiger partial charge in [-0.3, -0.25) is 14.3 Å². The molecule has 0 aliphatic rings. The third-order valence-corrected chi connectivity index (χ3v) is 4.96. The summed E-state index contributed by atoms with van der Waals surface area (Å²) in [7, 11) is 17.0. The van der Waals surface area contributed by atoms with Crippen molar-refractivity contribution in [3.05, 3.63) is 57.6 Å². The largest absolute Gasteiger partial charge is 0.348 e. The van der Waals surface area contributed by atoms with Crippen molar-refractivity contribution in [3.8, 4) is 0 Å². The van der Waals surface area contributed by atoms with Gasteiger partial charge in [0, 0.05) is 6.04 Å². The Labute approximate surface area is 179 Å². The summed E-state index contributed by atoms with van der Waals surface area (Å²) >= 11 is 0. The van der Waals surface area contributed by atoms with E-state index in [1.165, 1.54) is 0 Å². The molecular weight excluding hydrogens is 375 g/mol. The molecule has 3 aromatic rings. The molecule has 0 aliphatic carbocycles. The summed E-state index contributed by atoms with van der Waals surface area (Å²) in [4.78, 5) is 25.4. The zero-order valence-corrected chi connectivity index (χ0v) is 17.6. The van der Waals surface area contributed by atoms with Crippen molar-refractivity contribution >= 4 is 40.3 Å². The Morgan fingerprint density at radius 3 is 2.37 bits per heavy atom. The van der Waals surface area contributed by atoms with Gasteiger partial charge < -0.3 is 5.32 Å². The maximum absolute atomic E-state index is 12.8. The van der Waals surface area contributed by atoms with Crippen LogP contribution in [0.25, 0.3) is 10.9 Å². The molecule has 30 heavy (non-hydrogen) atoms. The predicted octanol–water partition coefficient (Wildman–Crippen LogP) is 0.976. The minimum Gasteiger partial charge on any atom is -0.348 e. The van der Waals surface area contributed by atoms with Gasteiger partial charge >= 0.3 is 0 Å². The van der Waals surface area contributed by atoms with E-state index in [-0.39, 0.29) is 30.1 Å². The van der Waals surface area contributed by atoms with E-state index in [9.17, 15) is 9.59 Å².